The van der Waals surface area contributed by atoms with Gasteiger partial charge in [-0.05, 0) is 25.8 Å². The molecule has 1 aliphatic rings. The largest absolute Gasteiger partial charge is 0.361 e. The van der Waals surface area contributed by atoms with Gasteiger partial charge in [-0.2, -0.15) is 0 Å². The molecule has 2 atom stereocenters. The first-order valence-electron chi connectivity index (χ1n) is 6.06. The molecule has 2 unspecified atom stereocenters. The molecule has 104 valence electrons. The van der Waals surface area contributed by atoms with Gasteiger partial charge in [0.2, 0.25) is 0 Å². The molecule has 0 saturated carbocycles. The lowest BCUT2D eigenvalue weighted by Crippen LogP contribution is -2.46. The minimum atomic E-state index is -1.17. The summed E-state index contributed by atoms with van der Waals surface area (Å²) in [6.45, 7) is 2.18. The monoisotopic (exact) mass is 271 g/mol. The summed E-state index contributed by atoms with van der Waals surface area (Å²) >= 11 is 0. The second-order valence-electron chi connectivity index (χ2n) is 4.81. The normalized spacial score (nSPS) is 23.5. The molecule has 0 aliphatic carbocycles. The van der Waals surface area contributed by atoms with Crippen LogP contribution in [-0.2, 0) is 0 Å². The number of piperidine rings is 1. The first kappa shape index (κ1) is 13.7. The van der Waals surface area contributed by atoms with Crippen molar-refractivity contribution in [1.29, 1.82) is 0 Å². The third-order valence-electron chi connectivity index (χ3n) is 3.45. The molecule has 1 aliphatic heterocycles. The van der Waals surface area contributed by atoms with E-state index >= 15 is 0 Å². The van der Waals surface area contributed by atoms with Crippen LogP contribution in [0.2, 0.25) is 0 Å². The Hall–Kier alpha value is -1.76. The van der Waals surface area contributed by atoms with Crippen molar-refractivity contribution in [3.05, 3.63) is 33.9 Å². The zero-order valence-electron chi connectivity index (χ0n) is 10.5. The van der Waals surface area contributed by atoms with E-state index < -0.39 is 22.2 Å². The maximum absolute atomic E-state index is 13.9. The Labute approximate surface area is 109 Å². The number of halogens is 2. The van der Waals surface area contributed by atoms with E-state index in [9.17, 15) is 18.9 Å². The van der Waals surface area contributed by atoms with Crippen LogP contribution in [0.25, 0.3) is 0 Å². The van der Waals surface area contributed by atoms with E-state index in [4.69, 9.17) is 5.73 Å². The molecular formula is C12H15F2N3O2. The number of hydrogen-bond acceptors (Lipinski definition) is 4. The van der Waals surface area contributed by atoms with Crippen LogP contribution in [0.15, 0.2) is 12.1 Å². The van der Waals surface area contributed by atoms with Gasteiger partial charge in [-0.25, -0.2) is 8.78 Å². The molecule has 0 spiro atoms. The number of rotatable bonds is 2. The summed E-state index contributed by atoms with van der Waals surface area (Å²) in [7, 11) is 0. The van der Waals surface area contributed by atoms with Crippen molar-refractivity contribution in [3.8, 4) is 0 Å². The highest BCUT2D eigenvalue weighted by atomic mass is 19.2. The number of nitro benzene ring substituents is 1. The predicted octanol–water partition coefficient (Wildman–Crippen LogP) is 2.19. The summed E-state index contributed by atoms with van der Waals surface area (Å²) in [5.41, 5.74) is 5.11. The topological polar surface area (TPSA) is 72.4 Å². The van der Waals surface area contributed by atoms with Crippen LogP contribution in [0, 0.1) is 21.7 Å². The molecule has 0 bridgehead atoms. The molecule has 19 heavy (non-hydrogen) atoms. The minimum absolute atomic E-state index is 0.0121. The highest BCUT2D eigenvalue weighted by Gasteiger charge is 2.32. The SMILES string of the molecule is CC1CC(N)CCN1c1c([N+](=O)[O-])ccc(F)c1F. The average Bonchev–Trinajstić information content (AvgIpc) is 2.33. The molecule has 2 N–H and O–H groups in total. The lowest BCUT2D eigenvalue weighted by Gasteiger charge is -2.37. The van der Waals surface area contributed by atoms with Gasteiger partial charge in [-0.15, -0.1) is 0 Å². The van der Waals surface area contributed by atoms with E-state index in [-0.39, 0.29) is 17.8 Å². The molecule has 0 aromatic heterocycles. The number of hydrogen-bond donors (Lipinski definition) is 1. The summed E-state index contributed by atoms with van der Waals surface area (Å²) in [6, 6.07) is 1.59. The van der Waals surface area contributed by atoms with Gasteiger partial charge in [0.15, 0.2) is 17.3 Å². The predicted molar refractivity (Wildman–Crippen MR) is 67.0 cm³/mol. The molecule has 0 radical (unpaired) electrons. The van der Waals surface area contributed by atoms with Crippen molar-refractivity contribution >= 4 is 11.4 Å². The van der Waals surface area contributed by atoms with Crippen molar-refractivity contribution in [1.82, 2.24) is 0 Å². The molecule has 1 aromatic rings. The summed E-state index contributed by atoms with van der Waals surface area (Å²) in [5, 5.41) is 11.0. The second-order valence-corrected chi connectivity index (χ2v) is 4.81. The molecule has 2 rings (SSSR count). The maximum Gasteiger partial charge on any atom is 0.295 e. The Morgan fingerprint density at radius 3 is 2.74 bits per heavy atom. The van der Waals surface area contributed by atoms with Gasteiger partial charge < -0.3 is 10.6 Å². The first-order chi connectivity index (χ1) is 8.91. The Balaban J connectivity index is 2.48. The Morgan fingerprint density at radius 2 is 2.16 bits per heavy atom. The number of anilines is 1. The van der Waals surface area contributed by atoms with Crippen molar-refractivity contribution < 1.29 is 13.7 Å². The van der Waals surface area contributed by atoms with E-state index in [1.807, 2.05) is 0 Å². The van der Waals surface area contributed by atoms with Crippen LogP contribution in [0.5, 0.6) is 0 Å². The third kappa shape index (κ3) is 2.51. The van der Waals surface area contributed by atoms with Crippen LogP contribution in [-0.4, -0.2) is 23.6 Å². The molecular weight excluding hydrogens is 256 g/mol. The van der Waals surface area contributed by atoms with Gasteiger partial charge in [0.1, 0.15) is 0 Å². The highest BCUT2D eigenvalue weighted by molar-refractivity contribution is 5.65. The van der Waals surface area contributed by atoms with Crippen molar-refractivity contribution in [2.75, 3.05) is 11.4 Å². The molecule has 1 heterocycles. The zero-order chi connectivity index (χ0) is 14.2. The van der Waals surface area contributed by atoms with Gasteiger partial charge in [0, 0.05) is 24.7 Å². The standard InChI is InChI=1S/C12H15F2N3O2/c1-7-6-8(15)4-5-16(7)12-10(17(18)19)3-2-9(13)11(12)14/h2-3,7-8H,4-6,15H2,1H3. The van der Waals surface area contributed by atoms with E-state index in [0.717, 1.165) is 12.1 Å². The van der Waals surface area contributed by atoms with Crippen molar-refractivity contribution in [2.45, 2.75) is 31.8 Å². The fourth-order valence-electron chi connectivity index (χ4n) is 2.49. The van der Waals surface area contributed by atoms with E-state index in [2.05, 4.69) is 0 Å². The van der Waals surface area contributed by atoms with Gasteiger partial charge in [0.05, 0.1) is 4.92 Å². The number of nitrogens with zero attached hydrogens (tertiary/aromatic N) is 2. The van der Waals surface area contributed by atoms with E-state index in [0.29, 0.717) is 19.4 Å². The Morgan fingerprint density at radius 1 is 1.47 bits per heavy atom. The fourth-order valence-corrected chi connectivity index (χ4v) is 2.49. The molecule has 7 heteroatoms. The Bertz CT molecular complexity index is 510. The highest BCUT2D eigenvalue weighted by Crippen LogP contribution is 2.36. The summed E-state index contributed by atoms with van der Waals surface area (Å²) in [6.07, 6.45) is 1.19. The molecule has 0 amide bonds. The van der Waals surface area contributed by atoms with Crippen molar-refractivity contribution in [2.24, 2.45) is 5.73 Å². The zero-order valence-corrected chi connectivity index (χ0v) is 10.5. The first-order valence-corrected chi connectivity index (χ1v) is 6.06. The summed E-state index contributed by atoms with van der Waals surface area (Å²) in [4.78, 5) is 11.8. The van der Waals surface area contributed by atoms with Crippen molar-refractivity contribution in [3.63, 3.8) is 0 Å². The van der Waals surface area contributed by atoms with Crippen LogP contribution in [0.4, 0.5) is 20.2 Å². The van der Waals surface area contributed by atoms with Gasteiger partial charge in [-0.3, -0.25) is 10.1 Å². The third-order valence-corrected chi connectivity index (χ3v) is 3.45. The Kier molecular flexibility index (Phi) is 3.66. The lowest BCUT2D eigenvalue weighted by atomic mass is 9.98. The molecule has 1 aromatic carbocycles. The van der Waals surface area contributed by atoms with Gasteiger partial charge in [-0.1, -0.05) is 0 Å². The second kappa shape index (κ2) is 5.08. The average molecular weight is 271 g/mol. The smallest absolute Gasteiger partial charge is 0.295 e. The van der Waals surface area contributed by atoms with Crippen LogP contribution in [0.3, 0.4) is 0 Å². The number of nitro groups is 1. The van der Waals surface area contributed by atoms with Crippen LogP contribution in [0.1, 0.15) is 19.8 Å². The molecule has 1 fully saturated rings. The molecule has 1 saturated heterocycles. The number of nitrogens with two attached hydrogens (primary N) is 1. The van der Waals surface area contributed by atoms with Crippen LogP contribution >= 0.6 is 0 Å². The van der Waals surface area contributed by atoms with Gasteiger partial charge >= 0.3 is 0 Å². The van der Waals surface area contributed by atoms with E-state index in [1.54, 1.807) is 6.92 Å². The maximum atomic E-state index is 13.9. The van der Waals surface area contributed by atoms with Gasteiger partial charge in [0.25, 0.3) is 5.69 Å². The summed E-state index contributed by atoms with van der Waals surface area (Å²) in [5.74, 6) is -2.25. The van der Waals surface area contributed by atoms with E-state index in [1.165, 1.54) is 4.90 Å². The fraction of sp³-hybridized carbons (Fsp3) is 0.500. The molecule has 5 nitrogen and oxygen atoms in total. The number of benzene rings is 1. The minimum Gasteiger partial charge on any atom is -0.361 e. The lowest BCUT2D eigenvalue weighted by molar-refractivity contribution is -0.384. The summed E-state index contributed by atoms with van der Waals surface area (Å²) < 4.78 is 27.3. The van der Waals surface area contributed by atoms with Crippen LogP contribution < -0.4 is 10.6 Å². The quantitative estimate of drug-likeness (QED) is 0.661.